The number of hydrogen-bond acceptors (Lipinski definition) is 5. The second kappa shape index (κ2) is 9.33. The fourth-order valence-corrected chi connectivity index (χ4v) is 4.33. The van der Waals surface area contributed by atoms with E-state index in [1.165, 1.54) is 18.2 Å². The molecule has 0 saturated heterocycles. The molecule has 1 heterocycles. The lowest BCUT2D eigenvalue weighted by molar-refractivity contribution is -0.137. The van der Waals surface area contributed by atoms with Crippen LogP contribution in [0.4, 0.5) is 38.4 Å². The van der Waals surface area contributed by atoms with E-state index in [-0.39, 0.29) is 28.5 Å². The molecule has 180 valence electrons. The summed E-state index contributed by atoms with van der Waals surface area (Å²) in [6.45, 7) is 1.65. The molecule has 1 unspecified atom stereocenters. The van der Waals surface area contributed by atoms with Crippen LogP contribution in [0.1, 0.15) is 16.7 Å². The summed E-state index contributed by atoms with van der Waals surface area (Å²) >= 11 is 0. The number of aromatic nitrogens is 2. The first kappa shape index (κ1) is 25.0. The van der Waals surface area contributed by atoms with Gasteiger partial charge in [0.15, 0.2) is 5.82 Å². The number of rotatable bonds is 5. The number of hydrogen-bond donors (Lipinski definition) is 2. The van der Waals surface area contributed by atoms with Crippen molar-refractivity contribution in [3.63, 3.8) is 0 Å². The van der Waals surface area contributed by atoms with Gasteiger partial charge in [-0.15, -0.1) is 4.36 Å². The van der Waals surface area contributed by atoms with E-state index in [1.807, 2.05) is 0 Å². The third kappa shape index (κ3) is 6.25. The summed E-state index contributed by atoms with van der Waals surface area (Å²) in [5.41, 5.74) is 3.64. The van der Waals surface area contributed by atoms with Crippen molar-refractivity contribution < 1.29 is 31.0 Å². The minimum Gasteiger partial charge on any atom is -0.349 e. The first-order valence-corrected chi connectivity index (χ1v) is 11.6. The van der Waals surface area contributed by atoms with Crippen molar-refractivity contribution in [2.24, 2.45) is 10.1 Å². The zero-order valence-electron chi connectivity index (χ0n) is 17.8. The molecule has 3 N–H and O–H groups in total. The van der Waals surface area contributed by atoms with E-state index < -0.39 is 44.9 Å². The Morgan fingerprint density at radius 2 is 1.85 bits per heavy atom. The summed E-state index contributed by atoms with van der Waals surface area (Å²) in [6, 6.07) is 5.55. The van der Waals surface area contributed by atoms with Gasteiger partial charge in [0.1, 0.15) is 11.5 Å². The van der Waals surface area contributed by atoms with Gasteiger partial charge in [-0.3, -0.25) is 0 Å². The summed E-state index contributed by atoms with van der Waals surface area (Å²) in [7, 11) is -3.26. The predicted octanol–water partition coefficient (Wildman–Crippen LogP) is 5.17. The number of alkyl halides is 3. The molecule has 0 fully saturated rings. The van der Waals surface area contributed by atoms with E-state index in [4.69, 9.17) is 5.73 Å². The van der Waals surface area contributed by atoms with Crippen LogP contribution in [0.15, 0.2) is 47.0 Å². The number of nitrogens with two attached hydrogens (primary N) is 1. The van der Waals surface area contributed by atoms with Crippen molar-refractivity contribution in [2.45, 2.75) is 18.9 Å². The number of nitrogens with zero attached hydrogens (tertiary/aromatic N) is 3. The molecule has 1 atom stereocenters. The molecule has 13 heteroatoms. The number of carbonyl (C=O) groups excluding carboxylic acids is 1. The molecule has 0 aliphatic heterocycles. The Hall–Kier alpha value is -3.61. The Kier molecular flexibility index (Phi) is 6.87. The van der Waals surface area contributed by atoms with Gasteiger partial charge >= 0.3 is 12.2 Å². The lowest BCUT2D eigenvalue weighted by atomic mass is 10.1. The molecule has 0 spiro atoms. The number of carbonyl (C=O) groups is 1. The summed E-state index contributed by atoms with van der Waals surface area (Å²) in [5.74, 6) is -2.48. The smallest absolute Gasteiger partial charge is 0.349 e. The molecule has 0 radical (unpaired) electrons. The number of urea groups is 1. The van der Waals surface area contributed by atoms with Crippen LogP contribution in [-0.2, 0) is 21.7 Å². The molecule has 2 amide bonds. The van der Waals surface area contributed by atoms with Crippen molar-refractivity contribution in [3.8, 4) is 11.3 Å². The number of nitrogens with one attached hydrogen (secondary N) is 1. The van der Waals surface area contributed by atoms with Gasteiger partial charge in [-0.25, -0.2) is 27.8 Å². The van der Waals surface area contributed by atoms with Crippen LogP contribution in [0.3, 0.4) is 0 Å². The van der Waals surface area contributed by atoms with Crippen LogP contribution in [-0.4, -0.2) is 26.5 Å². The number of anilines is 2. The lowest BCUT2D eigenvalue weighted by Gasteiger charge is -2.14. The molecule has 34 heavy (non-hydrogen) atoms. The molecule has 0 saturated carbocycles. The van der Waals surface area contributed by atoms with Gasteiger partial charge in [0.2, 0.25) is 5.95 Å². The Morgan fingerprint density at radius 3 is 2.47 bits per heavy atom. The van der Waals surface area contributed by atoms with Crippen molar-refractivity contribution >= 4 is 27.4 Å². The maximum absolute atomic E-state index is 14.3. The van der Waals surface area contributed by atoms with E-state index in [1.54, 1.807) is 13.0 Å². The fraction of sp³-hybridized carbons (Fsp3) is 0.190. The number of primary amides is 1. The molecule has 7 nitrogen and oxygen atoms in total. The Morgan fingerprint density at radius 1 is 1.15 bits per heavy atom. The monoisotopic (exact) mass is 499 g/mol. The van der Waals surface area contributed by atoms with Crippen molar-refractivity contribution in [3.05, 3.63) is 70.9 Å². The maximum Gasteiger partial charge on any atom is 0.416 e. The quantitative estimate of drug-likeness (QED) is 0.471. The SMILES string of the molecule is Cc1ccc(-c2nc(Nc3cc(CS(C)(=O)=NC(N)=O)cc(C(F)(F)F)c3)ncc2F)c(F)c1. The zero-order valence-corrected chi connectivity index (χ0v) is 18.6. The Bertz CT molecular complexity index is 1380. The summed E-state index contributed by atoms with van der Waals surface area (Å²) in [5, 5.41) is 2.53. The number of amides is 2. The third-order valence-electron chi connectivity index (χ3n) is 4.42. The standard InChI is InChI=1S/C21H18F5N5O2S/c1-11-3-4-15(16(22)5-11)18-17(23)9-28-20(30-18)29-14-7-12(6-13(8-14)21(24,25)26)10-34(2,33)31-19(27)32/h3-9H,10H2,1-2H3,(H2,27,32)(H,28,29,30). The van der Waals surface area contributed by atoms with Crippen LogP contribution >= 0.6 is 0 Å². The molecule has 3 aromatic rings. The second-order valence-corrected chi connectivity index (χ2v) is 9.84. The summed E-state index contributed by atoms with van der Waals surface area (Å²) in [4.78, 5) is 18.6. The third-order valence-corrected chi connectivity index (χ3v) is 5.85. The normalized spacial score (nSPS) is 13.3. The first-order valence-electron chi connectivity index (χ1n) is 9.50. The van der Waals surface area contributed by atoms with Gasteiger partial charge in [-0.05, 0) is 48.4 Å². The van der Waals surface area contributed by atoms with E-state index in [9.17, 15) is 31.0 Å². The largest absolute Gasteiger partial charge is 0.416 e. The highest BCUT2D eigenvalue weighted by atomic mass is 32.2. The van der Waals surface area contributed by atoms with Gasteiger partial charge in [-0.1, -0.05) is 6.07 Å². The molecular weight excluding hydrogens is 481 g/mol. The van der Waals surface area contributed by atoms with E-state index in [0.717, 1.165) is 24.6 Å². The summed E-state index contributed by atoms with van der Waals surface area (Å²) in [6.07, 6.45) is -2.93. The summed E-state index contributed by atoms with van der Waals surface area (Å²) < 4.78 is 84.6. The van der Waals surface area contributed by atoms with Crippen LogP contribution in [0.25, 0.3) is 11.3 Å². The lowest BCUT2D eigenvalue weighted by Crippen LogP contribution is -2.12. The van der Waals surface area contributed by atoms with Crippen LogP contribution in [0.2, 0.25) is 0 Å². The van der Waals surface area contributed by atoms with Gasteiger partial charge < -0.3 is 11.1 Å². The van der Waals surface area contributed by atoms with Gasteiger partial charge in [-0.2, -0.15) is 13.2 Å². The van der Waals surface area contributed by atoms with Gasteiger partial charge in [0.25, 0.3) is 0 Å². The average Bonchev–Trinajstić information content (AvgIpc) is 2.67. The maximum atomic E-state index is 14.3. The van der Waals surface area contributed by atoms with Crippen LogP contribution in [0.5, 0.6) is 0 Å². The first-order chi connectivity index (χ1) is 15.7. The number of halogens is 5. The van der Waals surface area contributed by atoms with Gasteiger partial charge in [0, 0.05) is 17.5 Å². The molecule has 0 aliphatic rings. The molecule has 2 aromatic carbocycles. The topological polar surface area (TPSA) is 110 Å². The van der Waals surface area contributed by atoms with Gasteiger partial charge in [0.05, 0.1) is 27.2 Å². The average molecular weight is 499 g/mol. The molecule has 0 aliphatic carbocycles. The highest BCUT2D eigenvalue weighted by Crippen LogP contribution is 2.33. The van der Waals surface area contributed by atoms with Crippen LogP contribution < -0.4 is 11.1 Å². The van der Waals surface area contributed by atoms with E-state index >= 15 is 0 Å². The molecule has 3 rings (SSSR count). The number of benzene rings is 2. The minimum absolute atomic E-state index is 0.0678. The zero-order chi connectivity index (χ0) is 25.3. The van der Waals surface area contributed by atoms with E-state index in [0.29, 0.717) is 5.56 Å². The Labute approximate surface area is 191 Å². The molecule has 0 bridgehead atoms. The highest BCUT2D eigenvalue weighted by molar-refractivity contribution is 7.92. The van der Waals surface area contributed by atoms with Crippen molar-refractivity contribution in [1.82, 2.24) is 9.97 Å². The number of aryl methyl sites for hydroxylation is 1. The van der Waals surface area contributed by atoms with E-state index in [2.05, 4.69) is 19.6 Å². The fourth-order valence-electron chi connectivity index (χ4n) is 3.10. The second-order valence-electron chi connectivity index (χ2n) is 7.45. The Balaban J connectivity index is 2.04. The van der Waals surface area contributed by atoms with Crippen molar-refractivity contribution in [1.29, 1.82) is 0 Å². The highest BCUT2D eigenvalue weighted by Gasteiger charge is 2.31. The van der Waals surface area contributed by atoms with Crippen LogP contribution in [0, 0.1) is 18.6 Å². The van der Waals surface area contributed by atoms with Crippen molar-refractivity contribution in [2.75, 3.05) is 11.6 Å². The predicted molar refractivity (Wildman–Crippen MR) is 117 cm³/mol. The molecule has 1 aromatic heterocycles. The minimum atomic E-state index is -4.76. The molecular formula is C21H18F5N5O2S.